The lowest BCUT2D eigenvalue weighted by molar-refractivity contribution is -0.107. The van der Waals surface area contributed by atoms with E-state index in [9.17, 15) is 4.79 Å². The van der Waals surface area contributed by atoms with Gasteiger partial charge in [-0.2, -0.15) is 0 Å². The minimum atomic E-state index is 0.194. The van der Waals surface area contributed by atoms with Gasteiger partial charge in [0.25, 0.3) is 0 Å². The van der Waals surface area contributed by atoms with Crippen LogP contribution in [0, 0.1) is 0 Å². The van der Waals surface area contributed by atoms with Crippen molar-refractivity contribution >= 4 is 18.0 Å². The molecule has 0 aliphatic carbocycles. The van der Waals surface area contributed by atoms with Crippen LogP contribution in [-0.2, 0) is 4.79 Å². The van der Waals surface area contributed by atoms with Gasteiger partial charge in [0.05, 0.1) is 5.25 Å². The molecule has 2 heteroatoms. The maximum atomic E-state index is 10.6. The molecule has 0 bridgehead atoms. The van der Waals surface area contributed by atoms with Crippen LogP contribution in [0.4, 0.5) is 0 Å². The Bertz CT molecular complexity index is 115. The summed E-state index contributed by atoms with van der Waals surface area (Å²) in [6, 6.07) is 0. The van der Waals surface area contributed by atoms with Gasteiger partial charge in [0.2, 0.25) is 0 Å². The zero-order valence-electron chi connectivity index (χ0n) is 7.89. The number of aldehydes is 1. The lowest BCUT2D eigenvalue weighted by atomic mass is 10.2. The molecule has 0 amide bonds. The quantitative estimate of drug-likeness (QED) is 0.610. The van der Waals surface area contributed by atoms with E-state index < -0.39 is 0 Å². The summed E-state index contributed by atoms with van der Waals surface area (Å²) in [5.41, 5.74) is 0. The summed E-state index contributed by atoms with van der Waals surface area (Å²) in [6.07, 6.45) is 3.16. The first-order valence-electron chi connectivity index (χ1n) is 4.12. The molecule has 0 fully saturated rings. The smallest absolute Gasteiger partial charge is 0.132 e. The molecule has 1 nitrogen and oxygen atoms in total. The van der Waals surface area contributed by atoms with E-state index in [1.54, 1.807) is 11.8 Å². The molecule has 0 unspecified atom stereocenters. The molecular weight excluding hydrogens is 156 g/mol. The van der Waals surface area contributed by atoms with Crippen LogP contribution in [0.3, 0.4) is 0 Å². The molecule has 0 aliphatic rings. The first-order chi connectivity index (χ1) is 4.99. The number of thioether (sulfide) groups is 1. The molecule has 0 N–H and O–H groups in total. The van der Waals surface area contributed by atoms with Crippen molar-refractivity contribution in [3.63, 3.8) is 0 Å². The minimum absolute atomic E-state index is 0.194. The van der Waals surface area contributed by atoms with Crippen LogP contribution in [0.25, 0.3) is 0 Å². The van der Waals surface area contributed by atoms with Crippen LogP contribution in [0.15, 0.2) is 0 Å². The zero-order chi connectivity index (χ0) is 8.91. The third kappa shape index (κ3) is 6.42. The zero-order valence-corrected chi connectivity index (χ0v) is 8.70. The van der Waals surface area contributed by atoms with Gasteiger partial charge in [-0.25, -0.2) is 0 Å². The molecule has 0 heterocycles. The van der Waals surface area contributed by atoms with E-state index in [1.165, 1.54) is 0 Å². The maximum absolute atomic E-state index is 10.6. The van der Waals surface area contributed by atoms with Crippen molar-refractivity contribution in [2.75, 3.05) is 0 Å². The van der Waals surface area contributed by atoms with Gasteiger partial charge in [-0.1, -0.05) is 34.1 Å². The molecule has 66 valence electrons. The second-order valence-corrected chi connectivity index (χ2v) is 5.76. The molecule has 1 atom stereocenters. The second-order valence-electron chi connectivity index (χ2n) is 3.69. The molecule has 0 saturated carbocycles. The fraction of sp³-hybridized carbons (Fsp3) is 0.889. The van der Waals surface area contributed by atoms with E-state index in [2.05, 4.69) is 27.7 Å². The highest BCUT2D eigenvalue weighted by Crippen LogP contribution is 2.29. The third-order valence-electron chi connectivity index (χ3n) is 1.23. The molecule has 0 aromatic rings. The van der Waals surface area contributed by atoms with E-state index in [1.807, 2.05) is 0 Å². The van der Waals surface area contributed by atoms with Crippen LogP contribution < -0.4 is 0 Å². The van der Waals surface area contributed by atoms with Crippen LogP contribution in [0.2, 0.25) is 0 Å². The fourth-order valence-corrected chi connectivity index (χ4v) is 2.21. The SMILES string of the molecule is CCC[C@@H](C=O)SC(C)(C)C. The Morgan fingerprint density at radius 2 is 2.00 bits per heavy atom. The summed E-state index contributed by atoms with van der Waals surface area (Å²) in [4.78, 5) is 10.6. The monoisotopic (exact) mass is 174 g/mol. The lowest BCUT2D eigenvalue weighted by Gasteiger charge is -2.21. The van der Waals surface area contributed by atoms with E-state index in [0.29, 0.717) is 0 Å². The summed E-state index contributed by atoms with van der Waals surface area (Å²) in [7, 11) is 0. The maximum Gasteiger partial charge on any atom is 0.132 e. The molecule has 0 aromatic carbocycles. The summed E-state index contributed by atoms with van der Waals surface area (Å²) in [5, 5.41) is 0.194. The topological polar surface area (TPSA) is 17.1 Å². The lowest BCUT2D eigenvalue weighted by Crippen LogP contribution is -2.16. The summed E-state index contributed by atoms with van der Waals surface area (Å²) < 4.78 is 0.209. The normalized spacial score (nSPS) is 14.5. The van der Waals surface area contributed by atoms with Crippen LogP contribution in [0.5, 0.6) is 0 Å². The first kappa shape index (κ1) is 11.0. The van der Waals surface area contributed by atoms with Crippen molar-refractivity contribution in [3.8, 4) is 0 Å². The Hall–Kier alpha value is 0.0200. The molecule has 11 heavy (non-hydrogen) atoms. The largest absolute Gasteiger partial charge is 0.302 e. The van der Waals surface area contributed by atoms with E-state index in [4.69, 9.17) is 0 Å². The van der Waals surface area contributed by atoms with Gasteiger partial charge in [0.15, 0.2) is 0 Å². The number of hydrogen-bond acceptors (Lipinski definition) is 2. The van der Waals surface area contributed by atoms with Gasteiger partial charge in [0.1, 0.15) is 6.29 Å². The number of carbonyl (C=O) groups is 1. The van der Waals surface area contributed by atoms with Crippen molar-refractivity contribution < 1.29 is 4.79 Å². The Morgan fingerprint density at radius 3 is 2.27 bits per heavy atom. The predicted octanol–water partition coefficient (Wildman–Crippen LogP) is 2.89. The fourth-order valence-electron chi connectivity index (χ4n) is 0.893. The number of hydrogen-bond donors (Lipinski definition) is 0. The second kappa shape index (κ2) is 4.81. The van der Waals surface area contributed by atoms with Crippen molar-refractivity contribution in [2.45, 2.75) is 50.5 Å². The number of rotatable bonds is 4. The molecular formula is C9H18OS. The van der Waals surface area contributed by atoms with E-state index in [-0.39, 0.29) is 10.00 Å². The van der Waals surface area contributed by atoms with Crippen LogP contribution in [-0.4, -0.2) is 16.3 Å². The van der Waals surface area contributed by atoms with Crippen LogP contribution >= 0.6 is 11.8 Å². The minimum Gasteiger partial charge on any atom is -0.302 e. The standard InChI is InChI=1S/C9H18OS/c1-5-6-8(7-10)11-9(2,3)4/h7-8H,5-6H2,1-4H3/t8-/m0/s1. The molecule has 0 radical (unpaired) electrons. The van der Waals surface area contributed by atoms with Crippen molar-refractivity contribution in [2.24, 2.45) is 0 Å². The highest BCUT2D eigenvalue weighted by molar-refractivity contribution is 8.01. The molecule has 0 aliphatic heterocycles. The Labute approximate surface area is 73.9 Å². The third-order valence-corrected chi connectivity index (χ3v) is 2.59. The van der Waals surface area contributed by atoms with E-state index >= 15 is 0 Å². The summed E-state index contributed by atoms with van der Waals surface area (Å²) in [6.45, 7) is 8.54. The molecule has 0 rings (SSSR count). The highest BCUT2D eigenvalue weighted by atomic mass is 32.2. The average molecular weight is 174 g/mol. The van der Waals surface area contributed by atoms with Gasteiger partial charge < -0.3 is 4.79 Å². The Balaban J connectivity index is 3.77. The van der Waals surface area contributed by atoms with Gasteiger partial charge in [-0.05, 0) is 6.42 Å². The van der Waals surface area contributed by atoms with Gasteiger partial charge in [-0.15, -0.1) is 11.8 Å². The van der Waals surface area contributed by atoms with Crippen molar-refractivity contribution in [1.29, 1.82) is 0 Å². The Morgan fingerprint density at radius 1 is 1.45 bits per heavy atom. The highest BCUT2D eigenvalue weighted by Gasteiger charge is 2.17. The summed E-state index contributed by atoms with van der Waals surface area (Å²) >= 11 is 1.76. The van der Waals surface area contributed by atoms with Gasteiger partial charge in [-0.3, -0.25) is 0 Å². The number of carbonyl (C=O) groups excluding carboxylic acids is 1. The predicted molar refractivity (Wildman–Crippen MR) is 52.1 cm³/mol. The summed E-state index contributed by atoms with van der Waals surface area (Å²) in [5.74, 6) is 0. The molecule has 0 spiro atoms. The molecule has 0 saturated heterocycles. The Kier molecular flexibility index (Phi) is 4.82. The average Bonchev–Trinajstić information content (AvgIpc) is 1.84. The van der Waals surface area contributed by atoms with Crippen LogP contribution in [0.1, 0.15) is 40.5 Å². The van der Waals surface area contributed by atoms with Gasteiger partial charge in [0, 0.05) is 4.75 Å². The van der Waals surface area contributed by atoms with E-state index in [0.717, 1.165) is 19.1 Å². The van der Waals surface area contributed by atoms with Crippen molar-refractivity contribution in [3.05, 3.63) is 0 Å². The molecule has 0 aromatic heterocycles. The van der Waals surface area contributed by atoms with Gasteiger partial charge >= 0.3 is 0 Å². The first-order valence-corrected chi connectivity index (χ1v) is 5.00. The van der Waals surface area contributed by atoms with Crippen molar-refractivity contribution in [1.82, 2.24) is 0 Å².